The number of rotatable bonds is 10. The van der Waals surface area contributed by atoms with Gasteiger partial charge in [-0.3, -0.25) is 9.59 Å². The maximum absolute atomic E-state index is 12.5. The minimum Gasteiger partial charge on any atom is -0.497 e. The van der Waals surface area contributed by atoms with Gasteiger partial charge in [0, 0.05) is 27.1 Å². The lowest BCUT2D eigenvalue weighted by Gasteiger charge is -2.08. The van der Waals surface area contributed by atoms with Crippen molar-refractivity contribution in [1.29, 1.82) is 0 Å². The summed E-state index contributed by atoms with van der Waals surface area (Å²) in [6.07, 6.45) is 0. The molecule has 0 aliphatic carbocycles. The first-order valence-corrected chi connectivity index (χ1v) is 13.0. The number of ether oxygens (including phenoxy) is 3. The molecule has 0 atom stereocenters. The molecule has 2 N–H and O–H groups in total. The number of carbonyl (C=O) groups excluding carboxylic acids is 2. The molecule has 0 bridgehead atoms. The Hall–Kier alpha value is -4.02. The number of methoxy groups -OCH3 is 3. The quantitative estimate of drug-likeness (QED) is 0.247. The Balaban J connectivity index is 1.32. The number of aromatic nitrogens is 1. The molecule has 0 fully saturated rings. The van der Waals surface area contributed by atoms with Gasteiger partial charge in [-0.1, -0.05) is 6.07 Å². The molecule has 8 nitrogen and oxygen atoms in total. The van der Waals surface area contributed by atoms with Gasteiger partial charge in [0.25, 0.3) is 5.91 Å². The van der Waals surface area contributed by atoms with Gasteiger partial charge >= 0.3 is 0 Å². The van der Waals surface area contributed by atoms with E-state index in [1.807, 2.05) is 41.8 Å². The summed E-state index contributed by atoms with van der Waals surface area (Å²) in [5.41, 5.74) is 2.76. The van der Waals surface area contributed by atoms with Crippen LogP contribution in [0.25, 0.3) is 11.3 Å². The van der Waals surface area contributed by atoms with E-state index in [0.29, 0.717) is 33.6 Å². The van der Waals surface area contributed by atoms with Crippen LogP contribution in [0.2, 0.25) is 0 Å². The second-order valence-corrected chi connectivity index (χ2v) is 9.56. The summed E-state index contributed by atoms with van der Waals surface area (Å²) in [6.45, 7) is 0. The zero-order valence-electron chi connectivity index (χ0n) is 20.4. The predicted molar refractivity (Wildman–Crippen MR) is 147 cm³/mol. The van der Waals surface area contributed by atoms with E-state index >= 15 is 0 Å². The van der Waals surface area contributed by atoms with E-state index in [4.69, 9.17) is 14.2 Å². The smallest absolute Gasteiger partial charge is 0.255 e. The fourth-order valence-corrected chi connectivity index (χ4v) is 4.86. The zero-order chi connectivity index (χ0) is 26.2. The average Bonchev–Trinajstić information content (AvgIpc) is 3.40. The van der Waals surface area contributed by atoms with Gasteiger partial charge in [0.2, 0.25) is 5.91 Å². The number of hydrogen-bond donors (Lipinski definition) is 2. The number of benzene rings is 3. The van der Waals surface area contributed by atoms with Crippen molar-refractivity contribution in [3.05, 3.63) is 77.7 Å². The molecule has 10 heteroatoms. The maximum atomic E-state index is 12.5. The monoisotopic (exact) mass is 535 g/mol. The highest BCUT2D eigenvalue weighted by atomic mass is 32.2. The summed E-state index contributed by atoms with van der Waals surface area (Å²) in [6, 6.07) is 19.8. The van der Waals surface area contributed by atoms with Crippen LogP contribution in [0.3, 0.4) is 0 Å². The minimum absolute atomic E-state index is 0.175. The molecule has 0 saturated carbocycles. The normalized spacial score (nSPS) is 10.5. The number of anilines is 2. The second-order valence-electron chi connectivity index (χ2n) is 7.65. The third kappa shape index (κ3) is 6.81. The number of thiazole rings is 1. The van der Waals surface area contributed by atoms with E-state index < -0.39 is 0 Å². The molecular formula is C27H25N3O5S2. The van der Waals surface area contributed by atoms with E-state index in [-0.39, 0.29) is 17.6 Å². The molecule has 2 amide bonds. The largest absolute Gasteiger partial charge is 0.497 e. The molecule has 37 heavy (non-hydrogen) atoms. The fourth-order valence-electron chi connectivity index (χ4n) is 3.37. The van der Waals surface area contributed by atoms with Crippen molar-refractivity contribution in [2.24, 2.45) is 0 Å². The zero-order valence-corrected chi connectivity index (χ0v) is 22.1. The Morgan fingerprint density at radius 2 is 1.68 bits per heavy atom. The Kier molecular flexibility index (Phi) is 8.65. The van der Waals surface area contributed by atoms with Crippen LogP contribution in [0.5, 0.6) is 17.2 Å². The van der Waals surface area contributed by atoms with Gasteiger partial charge in [-0.05, 0) is 60.7 Å². The van der Waals surface area contributed by atoms with Gasteiger partial charge in [-0.25, -0.2) is 4.98 Å². The van der Waals surface area contributed by atoms with E-state index in [9.17, 15) is 9.59 Å². The van der Waals surface area contributed by atoms with Crippen LogP contribution in [-0.4, -0.2) is 43.9 Å². The second kappa shape index (κ2) is 12.3. The van der Waals surface area contributed by atoms with Crippen LogP contribution in [-0.2, 0) is 4.79 Å². The van der Waals surface area contributed by atoms with Crippen LogP contribution in [0.4, 0.5) is 10.8 Å². The molecule has 0 spiro atoms. The lowest BCUT2D eigenvalue weighted by atomic mass is 10.1. The number of amides is 2. The summed E-state index contributed by atoms with van der Waals surface area (Å²) in [7, 11) is 4.74. The Bertz CT molecular complexity index is 1390. The van der Waals surface area contributed by atoms with E-state index in [0.717, 1.165) is 16.2 Å². The van der Waals surface area contributed by atoms with Crippen LogP contribution in [0.1, 0.15) is 10.4 Å². The molecule has 0 radical (unpaired) electrons. The van der Waals surface area contributed by atoms with Crippen LogP contribution >= 0.6 is 23.1 Å². The Labute approximate surface area is 223 Å². The predicted octanol–water partition coefficient (Wildman–Crippen LogP) is 5.82. The minimum atomic E-state index is -0.225. The third-order valence-electron chi connectivity index (χ3n) is 5.24. The molecule has 0 aliphatic heterocycles. The van der Waals surface area contributed by atoms with Crippen molar-refractivity contribution in [1.82, 2.24) is 4.98 Å². The van der Waals surface area contributed by atoms with Crippen molar-refractivity contribution < 1.29 is 23.8 Å². The van der Waals surface area contributed by atoms with Crippen LogP contribution in [0, 0.1) is 0 Å². The molecule has 0 aliphatic rings. The summed E-state index contributed by atoms with van der Waals surface area (Å²) in [5, 5.41) is 8.11. The summed E-state index contributed by atoms with van der Waals surface area (Å²) >= 11 is 2.72. The first-order valence-electron chi connectivity index (χ1n) is 11.1. The Morgan fingerprint density at radius 3 is 2.41 bits per heavy atom. The van der Waals surface area contributed by atoms with Gasteiger partial charge in [-0.2, -0.15) is 0 Å². The molecule has 1 heterocycles. The molecule has 190 valence electrons. The first kappa shape index (κ1) is 26.1. The average molecular weight is 536 g/mol. The number of thioether (sulfide) groups is 1. The standard InChI is InChI=1S/C27H25N3O5S2/c1-33-20-10-7-17(8-11-20)26(32)28-19-5-4-6-21(14-19)36-16-25(31)30-27-29-22(15-37-27)18-9-12-23(34-2)24(13-18)35-3/h4-15H,16H2,1-3H3,(H,28,32)(H,29,30,31). The molecule has 1 aromatic heterocycles. The molecule has 0 saturated heterocycles. The van der Waals surface area contributed by atoms with E-state index in [2.05, 4.69) is 15.6 Å². The van der Waals surface area contributed by atoms with Crippen molar-refractivity contribution in [3.8, 4) is 28.5 Å². The lowest BCUT2D eigenvalue weighted by molar-refractivity contribution is -0.113. The van der Waals surface area contributed by atoms with Crippen molar-refractivity contribution >= 4 is 45.7 Å². The van der Waals surface area contributed by atoms with Crippen LogP contribution in [0.15, 0.2) is 77.0 Å². The van der Waals surface area contributed by atoms with Gasteiger partial charge in [0.1, 0.15) is 5.75 Å². The highest BCUT2D eigenvalue weighted by Gasteiger charge is 2.12. The van der Waals surface area contributed by atoms with Gasteiger partial charge in [-0.15, -0.1) is 23.1 Å². The van der Waals surface area contributed by atoms with Crippen molar-refractivity contribution in [2.45, 2.75) is 4.90 Å². The third-order valence-corrected chi connectivity index (χ3v) is 7.00. The first-order chi connectivity index (χ1) is 18.0. The fraction of sp³-hybridized carbons (Fsp3) is 0.148. The van der Waals surface area contributed by atoms with Gasteiger partial charge in [0.15, 0.2) is 16.6 Å². The summed E-state index contributed by atoms with van der Waals surface area (Å²) in [5.74, 6) is 1.72. The lowest BCUT2D eigenvalue weighted by Crippen LogP contribution is -2.14. The molecule has 3 aromatic carbocycles. The number of nitrogens with one attached hydrogen (secondary N) is 2. The Morgan fingerprint density at radius 1 is 0.892 bits per heavy atom. The van der Waals surface area contributed by atoms with Gasteiger partial charge in [0.05, 0.1) is 32.8 Å². The molecule has 0 unspecified atom stereocenters. The SMILES string of the molecule is COc1ccc(C(=O)Nc2cccc(SCC(=O)Nc3nc(-c4ccc(OC)c(OC)c4)cs3)c2)cc1. The number of nitrogens with zero attached hydrogens (tertiary/aromatic N) is 1. The molecule has 4 rings (SSSR count). The molecule has 4 aromatic rings. The van der Waals surface area contributed by atoms with Crippen molar-refractivity contribution in [2.75, 3.05) is 37.7 Å². The topological polar surface area (TPSA) is 98.8 Å². The summed E-state index contributed by atoms with van der Waals surface area (Å²) in [4.78, 5) is 30.4. The van der Waals surface area contributed by atoms with E-state index in [1.54, 1.807) is 51.7 Å². The van der Waals surface area contributed by atoms with Crippen molar-refractivity contribution in [3.63, 3.8) is 0 Å². The van der Waals surface area contributed by atoms with Gasteiger partial charge < -0.3 is 24.8 Å². The number of hydrogen-bond acceptors (Lipinski definition) is 8. The van der Waals surface area contributed by atoms with E-state index in [1.165, 1.54) is 23.1 Å². The maximum Gasteiger partial charge on any atom is 0.255 e. The number of carbonyl (C=O) groups is 2. The van der Waals surface area contributed by atoms with Crippen LogP contribution < -0.4 is 24.8 Å². The highest BCUT2D eigenvalue weighted by molar-refractivity contribution is 8.00. The highest BCUT2D eigenvalue weighted by Crippen LogP contribution is 2.33. The molecular weight excluding hydrogens is 510 g/mol. The summed E-state index contributed by atoms with van der Waals surface area (Å²) < 4.78 is 15.8.